The molecule has 0 bridgehead atoms. The van der Waals surface area contributed by atoms with Crippen LogP contribution in [0.4, 0.5) is 65.9 Å². The molecule has 0 saturated carbocycles. The van der Waals surface area contributed by atoms with Crippen LogP contribution in [0.5, 0.6) is 0 Å². The molecule has 3 atom stereocenters. The summed E-state index contributed by atoms with van der Waals surface area (Å²) in [6, 6.07) is 0. The molecule has 0 aliphatic rings. The molecule has 0 N–H and O–H groups in total. The molecule has 0 aromatic carbocycles. The largest absolute Gasteiger partial charge is 0.460 e. The van der Waals surface area contributed by atoms with Gasteiger partial charge in [0.1, 0.15) is 6.61 Å². The third kappa shape index (κ3) is 9.98. The first-order chi connectivity index (χ1) is 17.6. The number of rotatable bonds is 13. The van der Waals surface area contributed by atoms with Crippen molar-refractivity contribution in [3.8, 4) is 0 Å². The van der Waals surface area contributed by atoms with E-state index in [1.165, 1.54) is 6.92 Å². The second kappa shape index (κ2) is 15.9. The molecule has 246 valence electrons. The lowest BCUT2D eigenvalue weighted by Crippen LogP contribution is -2.73. The third-order valence-electron chi connectivity index (χ3n) is 5.47. The molecule has 40 heavy (non-hydrogen) atoms. The quantitative estimate of drug-likeness (QED) is 0.190. The minimum atomic E-state index is -8.26. The lowest BCUT2D eigenvalue weighted by atomic mass is 9.91. The minimum Gasteiger partial charge on any atom is -0.382 e. The Morgan fingerprint density at radius 3 is 0.950 bits per heavy atom. The first kappa shape index (κ1) is 43.3. The van der Waals surface area contributed by atoms with Crippen LogP contribution in [-0.4, -0.2) is 80.8 Å². The Balaban J connectivity index is -0.000000941. The van der Waals surface area contributed by atoms with Gasteiger partial charge in [-0.15, -0.1) is 0 Å². The van der Waals surface area contributed by atoms with Gasteiger partial charge in [-0.2, -0.15) is 65.9 Å². The van der Waals surface area contributed by atoms with Crippen molar-refractivity contribution in [2.75, 3.05) is 20.8 Å². The molecule has 0 heterocycles. The van der Waals surface area contributed by atoms with Gasteiger partial charge in [-0.3, -0.25) is 0 Å². The van der Waals surface area contributed by atoms with E-state index in [1.54, 1.807) is 14.2 Å². The molecular weight excluding hydrogens is 597 g/mol. The molecule has 3 nitrogen and oxygen atoms in total. The van der Waals surface area contributed by atoms with Gasteiger partial charge in [0, 0.05) is 14.2 Å². The highest BCUT2D eigenvalue weighted by atomic mass is 19.4. The molecule has 0 radical (unpaired) electrons. The monoisotopic (exact) mass is 632 g/mol. The normalized spacial score (nSPS) is 16.3. The smallest absolute Gasteiger partial charge is 0.382 e. The summed E-state index contributed by atoms with van der Waals surface area (Å²) in [5.41, 5.74) is 0. The first-order valence-electron chi connectivity index (χ1n) is 11.6. The predicted molar refractivity (Wildman–Crippen MR) is 115 cm³/mol. The van der Waals surface area contributed by atoms with Crippen molar-refractivity contribution in [1.29, 1.82) is 0 Å². The Morgan fingerprint density at radius 1 is 0.450 bits per heavy atom. The number of hydrogen-bond donors (Lipinski definition) is 0. The third-order valence-corrected chi connectivity index (χ3v) is 5.47. The van der Waals surface area contributed by atoms with Gasteiger partial charge in [-0.05, 0) is 40.0 Å². The summed E-state index contributed by atoms with van der Waals surface area (Å²) in [4.78, 5) is 0. The van der Waals surface area contributed by atoms with E-state index in [-0.39, 0.29) is 6.42 Å². The van der Waals surface area contributed by atoms with Gasteiger partial charge in [-0.1, -0.05) is 20.8 Å². The molecular formula is C22H35F15O3. The van der Waals surface area contributed by atoms with Gasteiger partial charge in [0.15, 0.2) is 0 Å². The lowest BCUT2D eigenvalue weighted by molar-refractivity contribution is -0.453. The van der Waals surface area contributed by atoms with E-state index in [2.05, 4.69) is 32.4 Å². The van der Waals surface area contributed by atoms with Crippen LogP contribution in [0.1, 0.15) is 60.8 Å². The molecule has 0 saturated heterocycles. The highest BCUT2D eigenvalue weighted by Gasteiger charge is 2.93. The zero-order valence-electron chi connectivity index (χ0n) is 23.0. The maximum Gasteiger partial charge on any atom is 0.460 e. The maximum atomic E-state index is 13.3. The van der Waals surface area contributed by atoms with Gasteiger partial charge in [-0.25, -0.2) is 0 Å². The second-order valence-electron chi connectivity index (χ2n) is 8.51. The van der Waals surface area contributed by atoms with Crippen LogP contribution >= 0.6 is 0 Å². The van der Waals surface area contributed by atoms with Crippen molar-refractivity contribution in [2.45, 2.75) is 121 Å². The minimum absolute atomic E-state index is 0.190. The van der Waals surface area contributed by atoms with Crippen LogP contribution < -0.4 is 0 Å². The van der Waals surface area contributed by atoms with E-state index in [0.717, 1.165) is 19.8 Å². The van der Waals surface area contributed by atoms with E-state index in [9.17, 15) is 65.9 Å². The number of halogens is 15. The fraction of sp³-hybridized carbons (Fsp3) is 1.00. The predicted octanol–water partition coefficient (Wildman–Crippen LogP) is 9.04. The van der Waals surface area contributed by atoms with Crippen LogP contribution in [0.3, 0.4) is 0 Å². The van der Waals surface area contributed by atoms with Crippen LogP contribution in [0, 0.1) is 0 Å². The van der Waals surface area contributed by atoms with E-state index in [1.807, 2.05) is 0 Å². The lowest BCUT2D eigenvalue weighted by Gasteiger charge is -2.41. The van der Waals surface area contributed by atoms with Crippen molar-refractivity contribution in [1.82, 2.24) is 0 Å². The van der Waals surface area contributed by atoms with Crippen LogP contribution in [0.2, 0.25) is 0 Å². The molecule has 0 amide bonds. The zero-order chi connectivity index (χ0) is 33.2. The Morgan fingerprint density at radius 2 is 0.725 bits per heavy atom. The topological polar surface area (TPSA) is 27.7 Å². The molecule has 0 rings (SSSR count). The van der Waals surface area contributed by atoms with Gasteiger partial charge in [0.25, 0.3) is 0 Å². The van der Waals surface area contributed by atoms with Crippen molar-refractivity contribution in [3.63, 3.8) is 0 Å². The van der Waals surface area contributed by atoms with Crippen LogP contribution in [0.15, 0.2) is 0 Å². The highest BCUT2D eigenvalue weighted by Crippen LogP contribution is 2.62. The molecule has 0 aromatic rings. The van der Waals surface area contributed by atoms with E-state index in [4.69, 9.17) is 9.47 Å². The summed E-state index contributed by atoms with van der Waals surface area (Å²) < 4.78 is 206. The molecule has 0 aliphatic heterocycles. The van der Waals surface area contributed by atoms with Gasteiger partial charge in [0.05, 0.1) is 18.3 Å². The van der Waals surface area contributed by atoms with Crippen LogP contribution in [-0.2, 0) is 14.2 Å². The van der Waals surface area contributed by atoms with Crippen molar-refractivity contribution < 1.29 is 80.1 Å². The average Bonchev–Trinajstić information content (AvgIpc) is 2.85. The number of alkyl halides is 15. The van der Waals surface area contributed by atoms with Crippen molar-refractivity contribution >= 4 is 0 Å². The van der Waals surface area contributed by atoms with E-state index in [0.29, 0.717) is 12.2 Å². The fourth-order valence-corrected chi connectivity index (χ4v) is 1.79. The Kier molecular flexibility index (Phi) is 17.2. The summed E-state index contributed by atoms with van der Waals surface area (Å²) in [7, 11) is 3.46. The maximum absolute atomic E-state index is 13.3. The highest BCUT2D eigenvalue weighted by molar-refractivity contribution is 5.13. The summed E-state index contributed by atoms with van der Waals surface area (Å²) >= 11 is 0. The average molecular weight is 632 g/mol. The zero-order valence-corrected chi connectivity index (χ0v) is 23.0. The SMILES string of the molecule is CCC(C)OC.CCC(C)OC.CCC(C)OCC(F)(F)C(F)(F)C(F)(F)C(F)(F)C(F)(F)C(F)(F)C(F)(F)F. The van der Waals surface area contributed by atoms with E-state index >= 15 is 0 Å². The Labute approximate surface area is 222 Å². The van der Waals surface area contributed by atoms with Gasteiger partial charge in [0.2, 0.25) is 0 Å². The van der Waals surface area contributed by atoms with Crippen molar-refractivity contribution in [2.24, 2.45) is 0 Å². The number of ether oxygens (including phenoxy) is 3. The summed E-state index contributed by atoms with van der Waals surface area (Å²) in [5.74, 6) is -46.4. The molecule has 0 fully saturated rings. The molecule has 3 unspecified atom stereocenters. The van der Waals surface area contributed by atoms with Gasteiger partial charge >= 0.3 is 41.7 Å². The Bertz CT molecular complexity index is 679. The van der Waals surface area contributed by atoms with Gasteiger partial charge < -0.3 is 14.2 Å². The summed E-state index contributed by atoms with van der Waals surface area (Å²) in [6.45, 7) is 7.72. The number of hydrogen-bond acceptors (Lipinski definition) is 3. The van der Waals surface area contributed by atoms with Crippen molar-refractivity contribution in [3.05, 3.63) is 0 Å². The summed E-state index contributed by atoms with van der Waals surface area (Å²) in [6.07, 6.45) is -6.05. The van der Waals surface area contributed by atoms with E-state index < -0.39 is 54.4 Å². The standard InChI is InChI=1S/C12H11F15O.2C5H12O/c1-3-5(2)28-4-6(13,14)7(15,16)8(17,18)9(19,20)10(21,22)11(23,24)12(25,26)27;2*1-4-5(2)6-3/h5H,3-4H2,1-2H3;2*5H,4H2,1-3H3. The Hall–Kier alpha value is -1.17. The second-order valence-corrected chi connectivity index (χ2v) is 8.51. The fourth-order valence-electron chi connectivity index (χ4n) is 1.79. The molecule has 0 aromatic heterocycles. The molecule has 0 spiro atoms. The van der Waals surface area contributed by atoms with Crippen LogP contribution in [0.25, 0.3) is 0 Å². The molecule has 18 heteroatoms. The molecule has 0 aliphatic carbocycles. The first-order valence-corrected chi connectivity index (χ1v) is 11.6. The summed E-state index contributed by atoms with van der Waals surface area (Å²) in [5, 5.41) is 0. The number of methoxy groups -OCH3 is 2.